The van der Waals surface area contributed by atoms with Crippen LogP contribution in [-0.2, 0) is 6.42 Å². The van der Waals surface area contributed by atoms with E-state index in [1.807, 2.05) is 12.1 Å². The number of nitrogens with zero attached hydrogens (tertiary/aromatic N) is 2. The van der Waals surface area contributed by atoms with E-state index in [2.05, 4.69) is 20.5 Å². The molecule has 0 aliphatic heterocycles. The maximum Gasteiger partial charge on any atom is 0.258 e. The highest BCUT2D eigenvalue weighted by Crippen LogP contribution is 2.26. The van der Waals surface area contributed by atoms with Crippen molar-refractivity contribution < 1.29 is 4.79 Å². The van der Waals surface area contributed by atoms with Crippen LogP contribution < -0.4 is 5.32 Å². The van der Waals surface area contributed by atoms with Gasteiger partial charge in [-0.3, -0.25) is 9.89 Å². The van der Waals surface area contributed by atoms with Crippen molar-refractivity contribution in [2.24, 2.45) is 5.92 Å². The number of carbonyl (C=O) groups is 1. The first-order valence-corrected chi connectivity index (χ1v) is 7.69. The zero-order valence-electron chi connectivity index (χ0n) is 12.4. The maximum absolute atomic E-state index is 12.0. The van der Waals surface area contributed by atoms with E-state index in [0.29, 0.717) is 17.1 Å². The van der Waals surface area contributed by atoms with Gasteiger partial charge < -0.3 is 10.3 Å². The van der Waals surface area contributed by atoms with Gasteiger partial charge in [0.05, 0.1) is 5.56 Å². The number of hydrogen-bond acceptors (Lipinski definition) is 3. The highest BCUT2D eigenvalue weighted by atomic mass is 16.1. The minimum Gasteiger partial charge on any atom is -0.352 e. The summed E-state index contributed by atoms with van der Waals surface area (Å²) in [6.45, 7) is 0. The molecule has 0 radical (unpaired) electrons. The lowest BCUT2D eigenvalue weighted by Gasteiger charge is -2.20. The predicted molar refractivity (Wildman–Crippen MR) is 82.3 cm³/mol. The fraction of sp³-hybridized carbons (Fsp3) is 0.438. The molecule has 0 spiro atoms. The van der Waals surface area contributed by atoms with Gasteiger partial charge in [0.15, 0.2) is 5.82 Å². The molecular weight excluding hydrogens is 278 g/mol. The monoisotopic (exact) mass is 297 g/mol. The fourth-order valence-electron chi connectivity index (χ4n) is 3.01. The Morgan fingerprint density at radius 1 is 1.36 bits per heavy atom. The average molecular weight is 297 g/mol. The number of hydrogen-bond donors (Lipinski definition) is 3. The van der Waals surface area contributed by atoms with E-state index in [1.54, 1.807) is 0 Å². The van der Waals surface area contributed by atoms with Crippen molar-refractivity contribution in [3.8, 4) is 6.07 Å². The predicted octanol–water partition coefficient (Wildman–Crippen LogP) is 2.98. The first-order valence-electron chi connectivity index (χ1n) is 7.69. The smallest absolute Gasteiger partial charge is 0.258 e. The van der Waals surface area contributed by atoms with Gasteiger partial charge in [0.25, 0.3) is 5.91 Å². The first-order chi connectivity index (χ1) is 10.7. The van der Waals surface area contributed by atoms with E-state index in [0.717, 1.165) is 18.0 Å². The molecule has 1 fully saturated rings. The Hall–Kier alpha value is -2.55. The molecule has 1 saturated carbocycles. The molecule has 3 N–H and O–H groups in total. The van der Waals surface area contributed by atoms with Crippen LogP contribution >= 0.6 is 0 Å². The van der Waals surface area contributed by atoms with Crippen molar-refractivity contribution in [1.82, 2.24) is 15.2 Å². The molecule has 6 nitrogen and oxygen atoms in total. The van der Waals surface area contributed by atoms with E-state index < -0.39 is 0 Å². The standard InChI is InChI=1S/C16H19N5O/c17-9-14-7-12(10-18-14)16(22)19-15-8-13(20-21-15)6-11-4-2-1-3-5-11/h7-8,10-11,18H,1-6H2,(H2,19,20,21,22). The minimum atomic E-state index is -0.270. The molecule has 2 aromatic heterocycles. The Kier molecular flexibility index (Phi) is 4.24. The van der Waals surface area contributed by atoms with Gasteiger partial charge in [-0.15, -0.1) is 0 Å². The number of rotatable bonds is 4. The topological polar surface area (TPSA) is 97.4 Å². The van der Waals surface area contributed by atoms with Crippen LogP contribution in [0.5, 0.6) is 0 Å². The number of nitrogens with one attached hydrogen (secondary N) is 3. The molecule has 0 aromatic carbocycles. The van der Waals surface area contributed by atoms with Crippen LogP contribution in [0.4, 0.5) is 5.82 Å². The van der Waals surface area contributed by atoms with Crippen LogP contribution in [0, 0.1) is 17.2 Å². The van der Waals surface area contributed by atoms with E-state index in [-0.39, 0.29) is 5.91 Å². The van der Waals surface area contributed by atoms with E-state index in [4.69, 9.17) is 5.26 Å². The number of anilines is 1. The van der Waals surface area contributed by atoms with E-state index >= 15 is 0 Å². The minimum absolute atomic E-state index is 0.270. The number of nitriles is 1. The molecule has 0 atom stereocenters. The van der Waals surface area contributed by atoms with Gasteiger partial charge in [-0.2, -0.15) is 10.4 Å². The average Bonchev–Trinajstić information content (AvgIpc) is 3.17. The van der Waals surface area contributed by atoms with Crippen molar-refractivity contribution in [2.75, 3.05) is 5.32 Å². The van der Waals surface area contributed by atoms with Crippen LogP contribution in [0.1, 0.15) is 53.8 Å². The fourth-order valence-corrected chi connectivity index (χ4v) is 3.01. The number of amides is 1. The SMILES string of the molecule is N#Cc1cc(C(=O)Nc2cc(CC3CCCCC3)[nH]n2)c[nH]1. The second kappa shape index (κ2) is 6.48. The molecule has 0 unspecified atom stereocenters. The molecule has 1 aliphatic rings. The Labute approximate surface area is 128 Å². The highest BCUT2D eigenvalue weighted by Gasteiger charge is 2.16. The molecule has 1 aliphatic carbocycles. The zero-order chi connectivity index (χ0) is 15.4. The Morgan fingerprint density at radius 3 is 2.91 bits per heavy atom. The van der Waals surface area contributed by atoms with Gasteiger partial charge in [0.2, 0.25) is 0 Å². The molecule has 3 rings (SSSR count). The summed E-state index contributed by atoms with van der Waals surface area (Å²) in [6, 6.07) is 5.37. The third-order valence-corrected chi connectivity index (χ3v) is 4.17. The Morgan fingerprint density at radius 2 is 2.18 bits per heavy atom. The van der Waals surface area contributed by atoms with Gasteiger partial charge >= 0.3 is 0 Å². The zero-order valence-corrected chi connectivity index (χ0v) is 12.4. The normalized spacial score (nSPS) is 15.4. The van der Waals surface area contributed by atoms with Crippen molar-refractivity contribution in [1.29, 1.82) is 5.26 Å². The summed E-state index contributed by atoms with van der Waals surface area (Å²) in [4.78, 5) is 14.8. The number of aromatic nitrogens is 3. The Bertz CT molecular complexity index is 687. The second-order valence-electron chi connectivity index (χ2n) is 5.85. The number of carbonyl (C=O) groups excluding carboxylic acids is 1. The summed E-state index contributed by atoms with van der Waals surface area (Å²) in [5, 5.41) is 18.6. The molecule has 2 aromatic rings. The third kappa shape index (κ3) is 3.37. The molecule has 2 heterocycles. The molecular formula is C16H19N5O. The largest absolute Gasteiger partial charge is 0.352 e. The summed E-state index contributed by atoms with van der Waals surface area (Å²) < 4.78 is 0. The summed E-state index contributed by atoms with van der Waals surface area (Å²) in [7, 11) is 0. The van der Waals surface area contributed by atoms with Crippen molar-refractivity contribution >= 4 is 11.7 Å². The van der Waals surface area contributed by atoms with Gasteiger partial charge in [-0.05, 0) is 18.4 Å². The summed E-state index contributed by atoms with van der Waals surface area (Å²) in [5.74, 6) is 0.976. The number of H-pyrrole nitrogens is 2. The Balaban J connectivity index is 1.59. The lowest BCUT2D eigenvalue weighted by molar-refractivity contribution is 0.102. The van der Waals surface area contributed by atoms with Crippen LogP contribution in [-0.4, -0.2) is 21.1 Å². The van der Waals surface area contributed by atoms with Crippen LogP contribution in [0.15, 0.2) is 18.3 Å². The number of aromatic amines is 2. The molecule has 114 valence electrons. The summed E-state index contributed by atoms with van der Waals surface area (Å²) >= 11 is 0. The van der Waals surface area contributed by atoms with Crippen molar-refractivity contribution in [3.63, 3.8) is 0 Å². The molecule has 1 amide bonds. The van der Waals surface area contributed by atoms with Gasteiger partial charge in [0.1, 0.15) is 11.8 Å². The molecule has 22 heavy (non-hydrogen) atoms. The van der Waals surface area contributed by atoms with E-state index in [9.17, 15) is 4.79 Å². The molecule has 0 saturated heterocycles. The summed E-state index contributed by atoms with van der Waals surface area (Å²) in [6.07, 6.45) is 9.05. The maximum atomic E-state index is 12.0. The van der Waals surface area contributed by atoms with Crippen molar-refractivity contribution in [2.45, 2.75) is 38.5 Å². The summed E-state index contributed by atoms with van der Waals surface area (Å²) in [5.41, 5.74) is 1.85. The van der Waals surface area contributed by atoms with Crippen LogP contribution in [0.2, 0.25) is 0 Å². The highest BCUT2D eigenvalue weighted by molar-refractivity contribution is 6.03. The van der Waals surface area contributed by atoms with Gasteiger partial charge in [-0.25, -0.2) is 0 Å². The van der Waals surface area contributed by atoms with Crippen LogP contribution in [0.25, 0.3) is 0 Å². The molecule has 0 bridgehead atoms. The van der Waals surface area contributed by atoms with Crippen LogP contribution in [0.3, 0.4) is 0 Å². The second-order valence-corrected chi connectivity index (χ2v) is 5.85. The van der Waals surface area contributed by atoms with Gasteiger partial charge in [0, 0.05) is 18.0 Å². The lowest BCUT2D eigenvalue weighted by atomic mass is 9.86. The van der Waals surface area contributed by atoms with E-state index in [1.165, 1.54) is 44.4 Å². The lowest BCUT2D eigenvalue weighted by Crippen LogP contribution is -2.11. The molecule has 6 heteroatoms. The van der Waals surface area contributed by atoms with Gasteiger partial charge in [-0.1, -0.05) is 32.1 Å². The quantitative estimate of drug-likeness (QED) is 0.809. The van der Waals surface area contributed by atoms with Crippen molar-refractivity contribution in [3.05, 3.63) is 35.3 Å². The third-order valence-electron chi connectivity index (χ3n) is 4.17. The first kappa shape index (κ1) is 14.4.